The van der Waals surface area contributed by atoms with Crippen molar-refractivity contribution >= 4 is 52.2 Å². The van der Waals surface area contributed by atoms with E-state index in [1.54, 1.807) is 6.08 Å². The molecule has 156 valence electrons. The molecular weight excluding hydrogens is 412 g/mol. The lowest BCUT2D eigenvalue weighted by molar-refractivity contribution is -0.149. The van der Waals surface area contributed by atoms with Gasteiger partial charge in [0.25, 0.3) is 17.1 Å². The molecule has 1 aromatic heterocycles. The lowest BCUT2D eigenvalue weighted by atomic mass is 10.1. The highest BCUT2D eigenvalue weighted by Crippen LogP contribution is 2.33. The van der Waals surface area contributed by atoms with Gasteiger partial charge in [0.1, 0.15) is 0 Å². The minimum absolute atomic E-state index is 0.0600. The molecule has 1 saturated heterocycles. The lowest BCUT2D eigenvalue weighted by Gasteiger charge is -2.16. The Morgan fingerprint density at radius 1 is 1.21 bits per heavy atom. The summed E-state index contributed by atoms with van der Waals surface area (Å²) in [5.41, 5.74) is 0. The molecular formula is C20H24N2O5S2. The summed E-state index contributed by atoms with van der Waals surface area (Å²) in [6.07, 6.45) is 8.03. The van der Waals surface area contributed by atoms with Gasteiger partial charge in [0.15, 0.2) is 6.61 Å². The van der Waals surface area contributed by atoms with Crippen LogP contribution in [0.4, 0.5) is 4.79 Å². The van der Waals surface area contributed by atoms with Crippen molar-refractivity contribution in [1.29, 1.82) is 0 Å². The first-order valence-electron chi connectivity index (χ1n) is 9.77. The molecule has 3 amide bonds. The molecule has 0 aromatic carbocycles. The van der Waals surface area contributed by atoms with Crippen LogP contribution in [0.5, 0.6) is 0 Å². The van der Waals surface area contributed by atoms with Crippen LogP contribution >= 0.6 is 23.1 Å². The Labute approximate surface area is 177 Å². The van der Waals surface area contributed by atoms with Crippen LogP contribution in [-0.4, -0.2) is 47.1 Å². The summed E-state index contributed by atoms with van der Waals surface area (Å²) >= 11 is 2.33. The van der Waals surface area contributed by atoms with E-state index in [2.05, 4.69) is 5.32 Å². The van der Waals surface area contributed by atoms with E-state index in [-0.39, 0.29) is 31.5 Å². The summed E-state index contributed by atoms with van der Waals surface area (Å²) in [4.78, 5) is 50.6. The maximum absolute atomic E-state index is 12.4. The fraction of sp³-hybridized carbons (Fsp3) is 0.500. The Kier molecular flexibility index (Phi) is 7.88. The number of esters is 1. The normalized spacial score (nSPS) is 19.4. The number of hydrogen-bond donors (Lipinski definition) is 1. The van der Waals surface area contributed by atoms with Gasteiger partial charge in [-0.2, -0.15) is 0 Å². The molecule has 2 aliphatic rings. The standard InChI is InChI=1S/C20H24N2O5S2/c23-17(21-14-6-3-1-2-4-7-14)13-27-18(24)9-10-22-19(25)16(29-20(22)26)12-15-8-5-11-28-15/h5,8,11-12,14H,1-4,6-7,9-10,13H2,(H,21,23)/b16-12-. The highest BCUT2D eigenvalue weighted by atomic mass is 32.2. The quantitative estimate of drug-likeness (QED) is 0.399. The van der Waals surface area contributed by atoms with Crippen molar-refractivity contribution < 1.29 is 23.9 Å². The highest BCUT2D eigenvalue weighted by molar-refractivity contribution is 8.18. The van der Waals surface area contributed by atoms with Crippen LogP contribution in [0.25, 0.3) is 6.08 Å². The number of nitrogens with one attached hydrogen (secondary N) is 1. The Hall–Kier alpha value is -2.13. The Balaban J connectivity index is 1.40. The number of ether oxygens (including phenoxy) is 1. The molecule has 1 aliphatic carbocycles. The van der Waals surface area contributed by atoms with Crippen LogP contribution in [0.2, 0.25) is 0 Å². The second-order valence-corrected chi connectivity index (χ2v) is 8.99. The molecule has 1 aliphatic heterocycles. The van der Waals surface area contributed by atoms with Gasteiger partial charge in [-0.05, 0) is 42.1 Å². The third kappa shape index (κ3) is 6.43. The van der Waals surface area contributed by atoms with Crippen molar-refractivity contribution in [3.8, 4) is 0 Å². The average Bonchev–Trinajstić information content (AvgIpc) is 3.20. The van der Waals surface area contributed by atoms with Crippen molar-refractivity contribution in [3.05, 3.63) is 27.3 Å². The van der Waals surface area contributed by atoms with Gasteiger partial charge in [-0.15, -0.1) is 11.3 Å². The summed E-state index contributed by atoms with van der Waals surface area (Å²) in [5, 5.41) is 4.39. The number of hydrogen-bond acceptors (Lipinski definition) is 7. The van der Waals surface area contributed by atoms with E-state index in [4.69, 9.17) is 4.74 Å². The number of nitrogens with zero attached hydrogens (tertiary/aromatic N) is 1. The monoisotopic (exact) mass is 436 g/mol. The molecule has 2 fully saturated rings. The molecule has 0 radical (unpaired) electrons. The summed E-state index contributed by atoms with van der Waals surface area (Å²) in [6, 6.07) is 3.87. The minimum atomic E-state index is -0.609. The largest absolute Gasteiger partial charge is 0.456 e. The zero-order chi connectivity index (χ0) is 20.6. The number of imide groups is 1. The van der Waals surface area contributed by atoms with E-state index in [0.717, 1.165) is 47.2 Å². The van der Waals surface area contributed by atoms with E-state index < -0.39 is 17.1 Å². The molecule has 9 heteroatoms. The third-order valence-corrected chi connectivity index (χ3v) is 6.54. The number of thiophene rings is 1. The second kappa shape index (κ2) is 10.6. The SMILES string of the molecule is O=C(COC(=O)CCN1C(=O)S/C(=C\c2cccs2)C1=O)NC1CCCCCC1. The van der Waals surface area contributed by atoms with Gasteiger partial charge in [0, 0.05) is 17.5 Å². The maximum Gasteiger partial charge on any atom is 0.308 e. The number of carbonyl (C=O) groups excluding carboxylic acids is 4. The lowest BCUT2D eigenvalue weighted by Crippen LogP contribution is -2.37. The molecule has 3 rings (SSSR count). The molecule has 1 saturated carbocycles. The van der Waals surface area contributed by atoms with Crippen molar-refractivity contribution in [2.45, 2.75) is 51.0 Å². The number of rotatable bonds is 7. The summed E-state index contributed by atoms with van der Waals surface area (Å²) < 4.78 is 5.00. The highest BCUT2D eigenvalue weighted by Gasteiger charge is 2.35. The van der Waals surface area contributed by atoms with E-state index in [9.17, 15) is 19.2 Å². The predicted molar refractivity (Wildman–Crippen MR) is 112 cm³/mol. The Morgan fingerprint density at radius 2 is 1.97 bits per heavy atom. The fourth-order valence-electron chi connectivity index (χ4n) is 3.31. The Morgan fingerprint density at radius 3 is 2.66 bits per heavy atom. The van der Waals surface area contributed by atoms with Gasteiger partial charge in [-0.3, -0.25) is 24.1 Å². The summed E-state index contributed by atoms with van der Waals surface area (Å²) in [6.45, 7) is -0.398. The van der Waals surface area contributed by atoms with E-state index in [0.29, 0.717) is 4.91 Å². The van der Waals surface area contributed by atoms with Gasteiger partial charge < -0.3 is 10.1 Å². The van der Waals surface area contributed by atoms with Gasteiger partial charge >= 0.3 is 5.97 Å². The number of thioether (sulfide) groups is 1. The zero-order valence-corrected chi connectivity index (χ0v) is 17.7. The smallest absolute Gasteiger partial charge is 0.308 e. The van der Waals surface area contributed by atoms with E-state index in [1.807, 2.05) is 17.5 Å². The van der Waals surface area contributed by atoms with Crippen LogP contribution in [0, 0.1) is 0 Å². The van der Waals surface area contributed by atoms with Crippen LogP contribution in [0.1, 0.15) is 49.8 Å². The average molecular weight is 437 g/mol. The van der Waals surface area contributed by atoms with Crippen molar-refractivity contribution in [2.24, 2.45) is 0 Å². The fourth-order valence-corrected chi connectivity index (χ4v) is 4.90. The van der Waals surface area contributed by atoms with Crippen LogP contribution in [0.3, 0.4) is 0 Å². The van der Waals surface area contributed by atoms with Gasteiger partial charge in [0.2, 0.25) is 0 Å². The molecule has 1 N–H and O–H groups in total. The molecule has 29 heavy (non-hydrogen) atoms. The predicted octanol–water partition coefficient (Wildman–Crippen LogP) is 3.56. The van der Waals surface area contributed by atoms with E-state index >= 15 is 0 Å². The first-order valence-corrected chi connectivity index (χ1v) is 11.5. The van der Waals surface area contributed by atoms with Crippen molar-refractivity contribution in [2.75, 3.05) is 13.2 Å². The van der Waals surface area contributed by atoms with Gasteiger partial charge in [-0.25, -0.2) is 0 Å². The Bertz CT molecular complexity index is 783. The molecule has 7 nitrogen and oxygen atoms in total. The molecule has 2 heterocycles. The number of carbonyl (C=O) groups is 4. The summed E-state index contributed by atoms with van der Waals surface area (Å²) in [7, 11) is 0. The topological polar surface area (TPSA) is 92.8 Å². The first-order chi connectivity index (χ1) is 14.0. The zero-order valence-electron chi connectivity index (χ0n) is 16.1. The van der Waals surface area contributed by atoms with Crippen LogP contribution < -0.4 is 5.32 Å². The molecule has 1 aromatic rings. The second-order valence-electron chi connectivity index (χ2n) is 7.02. The van der Waals surface area contributed by atoms with Gasteiger partial charge in [-0.1, -0.05) is 31.7 Å². The number of amides is 3. The third-order valence-electron chi connectivity index (χ3n) is 4.81. The van der Waals surface area contributed by atoms with Crippen molar-refractivity contribution in [1.82, 2.24) is 10.2 Å². The molecule has 0 unspecified atom stereocenters. The van der Waals surface area contributed by atoms with E-state index in [1.165, 1.54) is 24.2 Å². The summed E-state index contributed by atoms with van der Waals surface area (Å²) in [5.74, 6) is -1.33. The molecule has 0 bridgehead atoms. The van der Waals surface area contributed by atoms with Crippen LogP contribution in [-0.2, 0) is 19.1 Å². The molecule has 0 spiro atoms. The maximum atomic E-state index is 12.4. The first kappa shape index (κ1) is 21.6. The van der Waals surface area contributed by atoms with Gasteiger partial charge in [0.05, 0.1) is 11.3 Å². The van der Waals surface area contributed by atoms with Crippen molar-refractivity contribution in [3.63, 3.8) is 0 Å². The van der Waals surface area contributed by atoms with Crippen LogP contribution in [0.15, 0.2) is 22.4 Å². The minimum Gasteiger partial charge on any atom is -0.456 e. The molecule has 0 atom stereocenters.